The number of hydrogen-bond acceptors (Lipinski definition) is 3. The molecule has 0 saturated heterocycles. The monoisotopic (exact) mass is 234 g/mol. The van der Waals surface area contributed by atoms with Crippen LogP contribution in [0.5, 0.6) is 0 Å². The van der Waals surface area contributed by atoms with E-state index in [-0.39, 0.29) is 11.9 Å². The summed E-state index contributed by atoms with van der Waals surface area (Å²) >= 11 is 0. The SMILES string of the molecule is CC(C)C(C)NC(=O)CNCCS(C)=O. The molecule has 4 nitrogen and oxygen atoms in total. The van der Waals surface area contributed by atoms with Crippen LogP contribution in [0.2, 0.25) is 0 Å². The smallest absolute Gasteiger partial charge is 0.234 e. The molecule has 0 aliphatic carbocycles. The van der Waals surface area contributed by atoms with Gasteiger partial charge >= 0.3 is 0 Å². The zero-order chi connectivity index (χ0) is 11.8. The van der Waals surface area contributed by atoms with Crippen LogP contribution < -0.4 is 10.6 Å². The summed E-state index contributed by atoms with van der Waals surface area (Å²) in [4.78, 5) is 11.4. The number of rotatable bonds is 7. The summed E-state index contributed by atoms with van der Waals surface area (Å²) < 4.78 is 10.7. The molecule has 1 amide bonds. The topological polar surface area (TPSA) is 58.2 Å². The van der Waals surface area contributed by atoms with Gasteiger partial charge < -0.3 is 10.6 Å². The molecule has 90 valence electrons. The lowest BCUT2D eigenvalue weighted by molar-refractivity contribution is -0.121. The molecule has 2 atom stereocenters. The highest BCUT2D eigenvalue weighted by molar-refractivity contribution is 7.84. The molecular formula is C10H22N2O2S. The fourth-order valence-electron chi connectivity index (χ4n) is 0.889. The van der Waals surface area contributed by atoms with Crippen LogP contribution in [0, 0.1) is 5.92 Å². The first-order chi connectivity index (χ1) is 6.93. The van der Waals surface area contributed by atoms with Crippen molar-refractivity contribution >= 4 is 16.7 Å². The van der Waals surface area contributed by atoms with E-state index < -0.39 is 10.8 Å². The van der Waals surface area contributed by atoms with Crippen LogP contribution in [-0.4, -0.2) is 41.3 Å². The minimum Gasteiger partial charge on any atom is -0.352 e. The van der Waals surface area contributed by atoms with Crippen LogP contribution in [0.3, 0.4) is 0 Å². The van der Waals surface area contributed by atoms with E-state index in [9.17, 15) is 9.00 Å². The van der Waals surface area contributed by atoms with Crippen molar-refractivity contribution in [3.63, 3.8) is 0 Å². The number of hydrogen-bond donors (Lipinski definition) is 2. The first-order valence-corrected chi connectivity index (χ1v) is 6.96. The Morgan fingerprint density at radius 3 is 2.40 bits per heavy atom. The van der Waals surface area contributed by atoms with Gasteiger partial charge in [-0.3, -0.25) is 9.00 Å². The van der Waals surface area contributed by atoms with Crippen molar-refractivity contribution in [3.05, 3.63) is 0 Å². The second-order valence-electron chi connectivity index (χ2n) is 4.05. The Morgan fingerprint density at radius 2 is 1.93 bits per heavy atom. The van der Waals surface area contributed by atoms with Gasteiger partial charge in [-0.15, -0.1) is 0 Å². The second-order valence-corrected chi connectivity index (χ2v) is 5.61. The summed E-state index contributed by atoms with van der Waals surface area (Å²) in [5.41, 5.74) is 0. The molecule has 0 aromatic heterocycles. The lowest BCUT2D eigenvalue weighted by Gasteiger charge is -2.17. The molecule has 0 rings (SSSR count). The predicted octanol–water partition coefficient (Wildman–Crippen LogP) is 0.115. The first kappa shape index (κ1) is 14.6. The van der Waals surface area contributed by atoms with Crippen molar-refractivity contribution in [2.45, 2.75) is 26.8 Å². The highest BCUT2D eigenvalue weighted by Crippen LogP contribution is 1.98. The molecule has 0 bridgehead atoms. The summed E-state index contributed by atoms with van der Waals surface area (Å²) in [5, 5.41) is 5.85. The highest BCUT2D eigenvalue weighted by Gasteiger charge is 2.09. The van der Waals surface area contributed by atoms with Gasteiger partial charge in [0.1, 0.15) is 0 Å². The van der Waals surface area contributed by atoms with Crippen molar-refractivity contribution in [1.82, 2.24) is 10.6 Å². The normalized spacial score (nSPS) is 15.0. The van der Waals surface area contributed by atoms with E-state index in [1.807, 2.05) is 6.92 Å². The zero-order valence-electron chi connectivity index (χ0n) is 10.0. The summed E-state index contributed by atoms with van der Waals surface area (Å²) in [6.07, 6.45) is 1.66. The van der Waals surface area contributed by atoms with E-state index in [1.165, 1.54) is 0 Å². The van der Waals surface area contributed by atoms with Crippen molar-refractivity contribution in [2.24, 2.45) is 5.92 Å². The highest BCUT2D eigenvalue weighted by atomic mass is 32.2. The van der Waals surface area contributed by atoms with Gasteiger partial charge in [-0.1, -0.05) is 13.8 Å². The van der Waals surface area contributed by atoms with Crippen molar-refractivity contribution in [1.29, 1.82) is 0 Å². The molecule has 0 aromatic rings. The van der Waals surface area contributed by atoms with Gasteiger partial charge in [0.15, 0.2) is 0 Å². The molecule has 0 spiro atoms. The van der Waals surface area contributed by atoms with Gasteiger partial charge in [-0.25, -0.2) is 0 Å². The van der Waals surface area contributed by atoms with Crippen LogP contribution in [-0.2, 0) is 15.6 Å². The Bertz CT molecular complexity index is 219. The number of carbonyl (C=O) groups excluding carboxylic acids is 1. The molecule has 0 aliphatic rings. The van der Waals surface area contributed by atoms with E-state index in [2.05, 4.69) is 24.5 Å². The third-order valence-electron chi connectivity index (χ3n) is 2.24. The van der Waals surface area contributed by atoms with E-state index in [0.717, 1.165) is 0 Å². The fraction of sp³-hybridized carbons (Fsp3) is 0.900. The maximum atomic E-state index is 11.4. The quantitative estimate of drug-likeness (QED) is 0.615. The Hall–Kier alpha value is -0.420. The molecule has 5 heteroatoms. The molecule has 0 radical (unpaired) electrons. The zero-order valence-corrected chi connectivity index (χ0v) is 10.8. The van der Waals surface area contributed by atoms with Gasteiger partial charge in [-0.2, -0.15) is 0 Å². The third-order valence-corrected chi connectivity index (χ3v) is 3.02. The van der Waals surface area contributed by atoms with Crippen molar-refractivity contribution in [3.8, 4) is 0 Å². The van der Waals surface area contributed by atoms with Crippen LogP contribution in [0.1, 0.15) is 20.8 Å². The summed E-state index contributed by atoms with van der Waals surface area (Å²) in [6.45, 7) is 7.04. The van der Waals surface area contributed by atoms with Gasteiger partial charge in [0.25, 0.3) is 0 Å². The van der Waals surface area contributed by atoms with Crippen LogP contribution in [0.25, 0.3) is 0 Å². The Kier molecular flexibility index (Phi) is 7.60. The molecule has 0 aromatic carbocycles. The number of amides is 1. The average molecular weight is 234 g/mol. The molecule has 0 heterocycles. The minimum absolute atomic E-state index is 0.00177. The van der Waals surface area contributed by atoms with E-state index >= 15 is 0 Å². The van der Waals surface area contributed by atoms with Crippen LogP contribution in [0.15, 0.2) is 0 Å². The maximum absolute atomic E-state index is 11.4. The Labute approximate surface area is 94.7 Å². The van der Waals surface area contributed by atoms with E-state index in [0.29, 0.717) is 24.8 Å². The molecule has 0 saturated carbocycles. The Morgan fingerprint density at radius 1 is 1.33 bits per heavy atom. The van der Waals surface area contributed by atoms with Crippen molar-refractivity contribution in [2.75, 3.05) is 25.1 Å². The molecular weight excluding hydrogens is 212 g/mol. The van der Waals surface area contributed by atoms with Gasteiger partial charge in [-0.05, 0) is 12.8 Å². The van der Waals surface area contributed by atoms with E-state index in [1.54, 1.807) is 6.26 Å². The fourth-order valence-corrected chi connectivity index (χ4v) is 1.32. The first-order valence-electron chi connectivity index (χ1n) is 5.23. The molecule has 0 fully saturated rings. The predicted molar refractivity (Wildman–Crippen MR) is 64.2 cm³/mol. The molecule has 0 aliphatic heterocycles. The molecule has 2 N–H and O–H groups in total. The summed E-state index contributed by atoms with van der Waals surface area (Å²) in [7, 11) is -0.793. The standard InChI is InChI=1S/C10H22N2O2S/c1-8(2)9(3)12-10(13)7-11-5-6-15(4)14/h8-9,11H,5-7H2,1-4H3,(H,12,13). The molecule has 15 heavy (non-hydrogen) atoms. The third kappa shape index (κ3) is 8.57. The van der Waals surface area contributed by atoms with Crippen LogP contribution in [0.4, 0.5) is 0 Å². The van der Waals surface area contributed by atoms with Gasteiger partial charge in [0.2, 0.25) is 5.91 Å². The second kappa shape index (κ2) is 7.82. The Balaban J connectivity index is 3.53. The largest absolute Gasteiger partial charge is 0.352 e. The van der Waals surface area contributed by atoms with Gasteiger partial charge in [0, 0.05) is 35.4 Å². The lowest BCUT2D eigenvalue weighted by Crippen LogP contribution is -2.41. The maximum Gasteiger partial charge on any atom is 0.234 e. The van der Waals surface area contributed by atoms with Gasteiger partial charge in [0.05, 0.1) is 6.54 Å². The number of carbonyl (C=O) groups is 1. The minimum atomic E-state index is -0.793. The summed E-state index contributed by atoms with van der Waals surface area (Å²) in [6, 6.07) is 0.194. The van der Waals surface area contributed by atoms with E-state index in [4.69, 9.17) is 0 Å². The average Bonchev–Trinajstić information content (AvgIpc) is 2.12. The number of nitrogens with one attached hydrogen (secondary N) is 2. The van der Waals surface area contributed by atoms with Crippen LogP contribution >= 0.6 is 0 Å². The lowest BCUT2D eigenvalue weighted by atomic mass is 10.1. The summed E-state index contributed by atoms with van der Waals surface area (Å²) in [5.74, 6) is 1.03. The van der Waals surface area contributed by atoms with Crippen molar-refractivity contribution < 1.29 is 9.00 Å². The molecule has 2 unspecified atom stereocenters.